The molecule has 0 aliphatic carbocycles. The quantitative estimate of drug-likeness (QED) is 0.663. The SMILES string of the molecule is Fc1ccc(-c2c(Br)cnn2-c2ccccc2F)cn1. The lowest BCUT2D eigenvalue weighted by molar-refractivity contribution is 0.584. The summed E-state index contributed by atoms with van der Waals surface area (Å²) in [5.74, 6) is -0.957. The molecule has 3 rings (SSSR count). The third-order valence-corrected chi connectivity index (χ3v) is 3.39. The van der Waals surface area contributed by atoms with Gasteiger partial charge in [0, 0.05) is 11.8 Å². The molecule has 0 saturated carbocycles. The summed E-state index contributed by atoms with van der Waals surface area (Å²) >= 11 is 3.37. The smallest absolute Gasteiger partial charge is 0.212 e. The Morgan fingerprint density at radius 2 is 1.80 bits per heavy atom. The number of rotatable bonds is 2. The number of para-hydroxylation sites is 1. The molecule has 6 heteroatoms. The molecule has 100 valence electrons. The van der Waals surface area contributed by atoms with Crippen LogP contribution in [-0.2, 0) is 0 Å². The van der Waals surface area contributed by atoms with E-state index in [1.807, 2.05) is 0 Å². The van der Waals surface area contributed by atoms with Crippen molar-refractivity contribution < 1.29 is 8.78 Å². The minimum absolute atomic E-state index is 0.317. The molecule has 0 bridgehead atoms. The molecule has 0 saturated heterocycles. The molecule has 0 unspecified atom stereocenters. The van der Waals surface area contributed by atoms with Crippen molar-refractivity contribution in [1.29, 1.82) is 0 Å². The van der Waals surface area contributed by atoms with Crippen molar-refractivity contribution in [3.63, 3.8) is 0 Å². The van der Waals surface area contributed by atoms with Gasteiger partial charge in [-0.25, -0.2) is 14.1 Å². The predicted octanol–water partition coefficient (Wildman–Crippen LogP) is 3.98. The highest BCUT2D eigenvalue weighted by atomic mass is 79.9. The fourth-order valence-electron chi connectivity index (χ4n) is 1.91. The Balaban J connectivity index is 2.20. The molecule has 3 aromatic rings. The largest absolute Gasteiger partial charge is 0.229 e. The summed E-state index contributed by atoms with van der Waals surface area (Å²) in [6.07, 6.45) is 2.94. The minimum atomic E-state index is -0.568. The summed E-state index contributed by atoms with van der Waals surface area (Å²) in [6.45, 7) is 0. The average molecular weight is 336 g/mol. The summed E-state index contributed by atoms with van der Waals surface area (Å²) in [7, 11) is 0. The molecule has 0 fully saturated rings. The fraction of sp³-hybridized carbons (Fsp3) is 0. The zero-order chi connectivity index (χ0) is 14.1. The number of halogens is 3. The van der Waals surface area contributed by atoms with Crippen LogP contribution in [0.4, 0.5) is 8.78 Å². The molecular formula is C14H8BrF2N3. The van der Waals surface area contributed by atoms with Gasteiger partial charge in [-0.2, -0.15) is 9.49 Å². The molecule has 0 aliphatic rings. The summed E-state index contributed by atoms with van der Waals surface area (Å²) in [5.41, 5.74) is 1.57. The van der Waals surface area contributed by atoms with Crippen LogP contribution in [0.2, 0.25) is 0 Å². The molecule has 0 atom stereocenters. The zero-order valence-electron chi connectivity index (χ0n) is 10.1. The monoisotopic (exact) mass is 335 g/mol. The second kappa shape index (κ2) is 5.13. The Labute approximate surface area is 122 Å². The normalized spacial score (nSPS) is 10.8. The maximum absolute atomic E-state index is 13.9. The van der Waals surface area contributed by atoms with Crippen molar-refractivity contribution in [3.8, 4) is 16.9 Å². The van der Waals surface area contributed by atoms with Gasteiger partial charge in [0.2, 0.25) is 5.95 Å². The van der Waals surface area contributed by atoms with Gasteiger partial charge in [0.05, 0.1) is 16.4 Å². The lowest BCUT2D eigenvalue weighted by atomic mass is 10.2. The van der Waals surface area contributed by atoms with Gasteiger partial charge in [0.25, 0.3) is 0 Å². The van der Waals surface area contributed by atoms with E-state index in [9.17, 15) is 8.78 Å². The van der Waals surface area contributed by atoms with E-state index >= 15 is 0 Å². The molecule has 0 N–H and O–H groups in total. The molecule has 0 amide bonds. The summed E-state index contributed by atoms with van der Waals surface area (Å²) in [5, 5.41) is 4.15. The van der Waals surface area contributed by atoms with Gasteiger partial charge in [-0.3, -0.25) is 0 Å². The number of benzene rings is 1. The lowest BCUT2D eigenvalue weighted by Crippen LogP contribution is -2.02. The van der Waals surface area contributed by atoms with E-state index in [1.54, 1.807) is 30.5 Å². The van der Waals surface area contributed by atoms with Crippen LogP contribution >= 0.6 is 15.9 Å². The number of pyridine rings is 1. The molecule has 1 aromatic carbocycles. The predicted molar refractivity (Wildman–Crippen MR) is 74.4 cm³/mol. The van der Waals surface area contributed by atoms with Crippen LogP contribution in [0, 0.1) is 11.8 Å². The first-order valence-electron chi connectivity index (χ1n) is 5.77. The second-order valence-electron chi connectivity index (χ2n) is 4.07. The number of hydrogen-bond donors (Lipinski definition) is 0. The number of nitrogens with zero attached hydrogens (tertiary/aromatic N) is 3. The molecule has 2 heterocycles. The van der Waals surface area contributed by atoms with E-state index in [-0.39, 0.29) is 5.82 Å². The lowest BCUT2D eigenvalue weighted by Gasteiger charge is -2.09. The maximum atomic E-state index is 13.9. The van der Waals surface area contributed by atoms with Gasteiger partial charge < -0.3 is 0 Å². The van der Waals surface area contributed by atoms with Crippen molar-refractivity contribution >= 4 is 15.9 Å². The van der Waals surface area contributed by atoms with Crippen molar-refractivity contribution in [2.45, 2.75) is 0 Å². The maximum Gasteiger partial charge on any atom is 0.212 e. The van der Waals surface area contributed by atoms with E-state index < -0.39 is 5.95 Å². The van der Waals surface area contributed by atoms with Crippen molar-refractivity contribution in [3.05, 3.63) is 65.0 Å². The average Bonchev–Trinajstić information content (AvgIpc) is 2.82. The van der Waals surface area contributed by atoms with E-state index in [0.29, 0.717) is 21.4 Å². The van der Waals surface area contributed by atoms with Crippen molar-refractivity contribution in [2.75, 3.05) is 0 Å². The van der Waals surface area contributed by atoms with Crippen LogP contribution in [0.25, 0.3) is 16.9 Å². The molecule has 0 aliphatic heterocycles. The fourth-order valence-corrected chi connectivity index (χ4v) is 2.40. The zero-order valence-corrected chi connectivity index (χ0v) is 11.7. The van der Waals surface area contributed by atoms with E-state index in [0.717, 1.165) is 0 Å². The highest BCUT2D eigenvalue weighted by Crippen LogP contribution is 2.30. The van der Waals surface area contributed by atoms with E-state index in [4.69, 9.17) is 0 Å². The Morgan fingerprint density at radius 1 is 1.00 bits per heavy atom. The standard InChI is InChI=1S/C14H8BrF2N3/c15-10-8-19-20(12-4-2-1-3-11(12)16)14(10)9-5-6-13(17)18-7-9/h1-8H. The molecule has 20 heavy (non-hydrogen) atoms. The Kier molecular flexibility index (Phi) is 3.31. The van der Waals surface area contributed by atoms with E-state index in [1.165, 1.54) is 23.0 Å². The highest BCUT2D eigenvalue weighted by Gasteiger charge is 2.15. The third kappa shape index (κ3) is 2.22. The topological polar surface area (TPSA) is 30.7 Å². The van der Waals surface area contributed by atoms with E-state index in [2.05, 4.69) is 26.0 Å². The van der Waals surface area contributed by atoms with Gasteiger partial charge in [-0.05, 0) is 40.2 Å². The van der Waals surface area contributed by atoms with Crippen LogP contribution in [-0.4, -0.2) is 14.8 Å². The Bertz CT molecular complexity index is 753. The van der Waals surface area contributed by atoms with Gasteiger partial charge in [0.1, 0.15) is 11.5 Å². The van der Waals surface area contributed by atoms with Gasteiger partial charge >= 0.3 is 0 Å². The first-order chi connectivity index (χ1) is 9.66. The first-order valence-corrected chi connectivity index (χ1v) is 6.56. The summed E-state index contributed by atoms with van der Waals surface area (Å²) in [6, 6.07) is 9.13. The Hall–Kier alpha value is -2.08. The van der Waals surface area contributed by atoms with Crippen molar-refractivity contribution in [1.82, 2.24) is 14.8 Å². The summed E-state index contributed by atoms with van der Waals surface area (Å²) < 4.78 is 28.9. The second-order valence-corrected chi connectivity index (χ2v) is 4.93. The van der Waals surface area contributed by atoms with Gasteiger partial charge in [0.15, 0.2) is 0 Å². The third-order valence-electron chi connectivity index (χ3n) is 2.81. The Morgan fingerprint density at radius 3 is 2.50 bits per heavy atom. The minimum Gasteiger partial charge on any atom is -0.229 e. The van der Waals surface area contributed by atoms with Crippen LogP contribution in [0.5, 0.6) is 0 Å². The van der Waals surface area contributed by atoms with Crippen LogP contribution < -0.4 is 0 Å². The number of aromatic nitrogens is 3. The van der Waals surface area contributed by atoms with Gasteiger partial charge in [-0.15, -0.1) is 0 Å². The molecule has 3 nitrogen and oxygen atoms in total. The summed E-state index contributed by atoms with van der Waals surface area (Å²) in [4.78, 5) is 3.61. The molecular weight excluding hydrogens is 328 g/mol. The molecule has 0 radical (unpaired) electrons. The highest BCUT2D eigenvalue weighted by molar-refractivity contribution is 9.10. The van der Waals surface area contributed by atoms with Crippen molar-refractivity contribution in [2.24, 2.45) is 0 Å². The van der Waals surface area contributed by atoms with Crippen LogP contribution in [0.1, 0.15) is 0 Å². The number of hydrogen-bond acceptors (Lipinski definition) is 2. The first kappa shape index (κ1) is 12.9. The van der Waals surface area contributed by atoms with Crippen LogP contribution in [0.3, 0.4) is 0 Å². The van der Waals surface area contributed by atoms with Crippen LogP contribution in [0.15, 0.2) is 53.3 Å². The molecule has 2 aromatic heterocycles. The molecule has 0 spiro atoms. The van der Waals surface area contributed by atoms with Gasteiger partial charge in [-0.1, -0.05) is 12.1 Å².